The molecule has 18 heavy (non-hydrogen) atoms. The molecule has 0 radical (unpaired) electrons. The van der Waals surface area contributed by atoms with Gasteiger partial charge in [-0.2, -0.15) is 0 Å². The molecule has 3 nitrogen and oxygen atoms in total. The van der Waals surface area contributed by atoms with E-state index in [0.29, 0.717) is 5.41 Å². The Morgan fingerprint density at radius 1 is 1.11 bits per heavy atom. The van der Waals surface area contributed by atoms with E-state index in [2.05, 4.69) is 29.1 Å². The van der Waals surface area contributed by atoms with Crippen LogP contribution in [-0.4, -0.2) is 62.2 Å². The molecule has 2 bridgehead atoms. The number of likely N-dealkylation sites (tertiary alicyclic amines) is 1. The number of piperidine rings is 4. The molecule has 4 aliphatic rings. The van der Waals surface area contributed by atoms with Crippen molar-refractivity contribution in [2.45, 2.75) is 38.6 Å². The largest absolute Gasteiger partial charge is 0.312 e. The Morgan fingerprint density at radius 2 is 1.78 bits per heavy atom. The topological polar surface area (TPSA) is 18.5 Å². The molecule has 1 unspecified atom stereocenters. The third-order valence-electron chi connectivity index (χ3n) is 5.64. The van der Waals surface area contributed by atoms with Gasteiger partial charge in [0, 0.05) is 19.1 Å². The van der Waals surface area contributed by atoms with Gasteiger partial charge in [0.25, 0.3) is 0 Å². The first kappa shape index (κ1) is 12.9. The molecule has 0 spiro atoms. The van der Waals surface area contributed by atoms with Gasteiger partial charge in [-0.25, -0.2) is 0 Å². The van der Waals surface area contributed by atoms with Gasteiger partial charge in [-0.05, 0) is 70.2 Å². The van der Waals surface area contributed by atoms with Gasteiger partial charge in [-0.15, -0.1) is 0 Å². The van der Waals surface area contributed by atoms with Crippen LogP contribution in [0.25, 0.3) is 0 Å². The van der Waals surface area contributed by atoms with Crippen LogP contribution in [0.4, 0.5) is 0 Å². The molecule has 0 amide bonds. The third kappa shape index (κ3) is 2.73. The lowest BCUT2D eigenvalue weighted by Crippen LogP contribution is -2.57. The lowest BCUT2D eigenvalue weighted by molar-refractivity contribution is 0.0590. The Morgan fingerprint density at radius 3 is 2.33 bits per heavy atom. The fraction of sp³-hybridized carbons (Fsp3) is 1.00. The van der Waals surface area contributed by atoms with Gasteiger partial charge in [0.1, 0.15) is 0 Å². The van der Waals surface area contributed by atoms with Crippen LogP contribution >= 0.6 is 0 Å². The number of rotatable bonds is 3. The summed E-state index contributed by atoms with van der Waals surface area (Å²) >= 11 is 0. The number of nitrogens with zero attached hydrogens (tertiary/aromatic N) is 2. The second kappa shape index (κ2) is 5.10. The molecule has 4 fully saturated rings. The van der Waals surface area contributed by atoms with Gasteiger partial charge in [-0.1, -0.05) is 6.92 Å². The monoisotopic (exact) mass is 251 g/mol. The zero-order valence-corrected chi connectivity index (χ0v) is 12.1. The molecule has 1 N–H and O–H groups in total. The van der Waals surface area contributed by atoms with Crippen LogP contribution in [0.1, 0.15) is 32.6 Å². The van der Waals surface area contributed by atoms with Crippen LogP contribution < -0.4 is 5.32 Å². The normalized spacial score (nSPS) is 40.0. The van der Waals surface area contributed by atoms with Crippen LogP contribution in [-0.2, 0) is 0 Å². The summed E-state index contributed by atoms with van der Waals surface area (Å²) in [5.41, 5.74) is 0.540. The standard InChI is InChI=1S/C15H29N3/c1-15(5-9-17(2)10-6-15)12-16-14-11-18-7-3-13(14)4-8-18/h13-14,16H,3-12H2,1-2H3. The Balaban J connectivity index is 1.49. The summed E-state index contributed by atoms with van der Waals surface area (Å²) in [6, 6.07) is 0.781. The molecule has 0 aromatic rings. The number of fused-ring (bicyclic) bond motifs is 3. The Hall–Kier alpha value is -0.120. The van der Waals surface area contributed by atoms with Crippen molar-refractivity contribution in [3.63, 3.8) is 0 Å². The van der Waals surface area contributed by atoms with Crippen molar-refractivity contribution in [3.05, 3.63) is 0 Å². The van der Waals surface area contributed by atoms with E-state index in [1.165, 1.54) is 65.0 Å². The van der Waals surface area contributed by atoms with Gasteiger partial charge >= 0.3 is 0 Å². The van der Waals surface area contributed by atoms with Crippen molar-refractivity contribution >= 4 is 0 Å². The van der Waals surface area contributed by atoms with Crippen molar-refractivity contribution in [1.29, 1.82) is 0 Å². The molecule has 4 saturated heterocycles. The summed E-state index contributed by atoms with van der Waals surface area (Å²) in [5.74, 6) is 0.963. The maximum Gasteiger partial charge on any atom is 0.0224 e. The summed E-state index contributed by atoms with van der Waals surface area (Å²) in [6.45, 7) is 10.3. The molecule has 0 aromatic heterocycles. The van der Waals surface area contributed by atoms with Gasteiger partial charge in [0.15, 0.2) is 0 Å². The molecule has 1 atom stereocenters. The van der Waals surface area contributed by atoms with Crippen molar-refractivity contribution in [1.82, 2.24) is 15.1 Å². The minimum Gasteiger partial charge on any atom is -0.312 e. The number of hydrogen-bond donors (Lipinski definition) is 1. The van der Waals surface area contributed by atoms with Gasteiger partial charge in [-0.3, -0.25) is 0 Å². The molecule has 104 valence electrons. The number of nitrogens with one attached hydrogen (secondary N) is 1. The molecule has 4 aliphatic heterocycles. The average molecular weight is 251 g/mol. The molecule has 0 saturated carbocycles. The predicted octanol–water partition coefficient (Wildman–Crippen LogP) is 1.40. The van der Waals surface area contributed by atoms with Crippen LogP contribution in [0.3, 0.4) is 0 Å². The Kier molecular flexibility index (Phi) is 3.65. The fourth-order valence-corrected chi connectivity index (χ4v) is 3.91. The highest BCUT2D eigenvalue weighted by Gasteiger charge is 2.36. The highest BCUT2D eigenvalue weighted by molar-refractivity contribution is 4.93. The fourth-order valence-electron chi connectivity index (χ4n) is 3.91. The summed E-state index contributed by atoms with van der Waals surface area (Å²) in [6.07, 6.45) is 5.57. The molecule has 4 rings (SSSR count). The van der Waals surface area contributed by atoms with Crippen molar-refractivity contribution in [2.75, 3.05) is 46.3 Å². The first-order chi connectivity index (χ1) is 8.65. The average Bonchev–Trinajstić information content (AvgIpc) is 2.42. The Labute approximate surface area is 112 Å². The quantitative estimate of drug-likeness (QED) is 0.818. The SMILES string of the molecule is CN1CCC(C)(CNC2CN3CCC2CC3)CC1. The minimum absolute atomic E-state index is 0.540. The van der Waals surface area contributed by atoms with E-state index in [1.807, 2.05) is 0 Å². The third-order valence-corrected chi connectivity index (χ3v) is 5.64. The smallest absolute Gasteiger partial charge is 0.0224 e. The van der Waals surface area contributed by atoms with E-state index in [9.17, 15) is 0 Å². The van der Waals surface area contributed by atoms with E-state index in [0.717, 1.165) is 12.0 Å². The van der Waals surface area contributed by atoms with Crippen LogP contribution in [0.2, 0.25) is 0 Å². The van der Waals surface area contributed by atoms with Crippen molar-refractivity contribution < 1.29 is 0 Å². The van der Waals surface area contributed by atoms with E-state index < -0.39 is 0 Å². The molecule has 0 aliphatic carbocycles. The Bertz CT molecular complexity index is 275. The van der Waals surface area contributed by atoms with Crippen LogP contribution in [0.15, 0.2) is 0 Å². The molecular weight excluding hydrogens is 222 g/mol. The maximum atomic E-state index is 3.92. The lowest BCUT2D eigenvalue weighted by atomic mass is 9.79. The molecule has 4 heterocycles. The summed E-state index contributed by atoms with van der Waals surface area (Å²) in [7, 11) is 2.25. The maximum absolute atomic E-state index is 3.92. The highest BCUT2D eigenvalue weighted by atomic mass is 15.2. The van der Waals surface area contributed by atoms with E-state index in [-0.39, 0.29) is 0 Å². The molecular formula is C15H29N3. The number of hydrogen-bond acceptors (Lipinski definition) is 3. The lowest BCUT2D eigenvalue weighted by Gasteiger charge is -2.47. The van der Waals surface area contributed by atoms with Crippen molar-refractivity contribution in [2.24, 2.45) is 11.3 Å². The van der Waals surface area contributed by atoms with E-state index in [4.69, 9.17) is 0 Å². The van der Waals surface area contributed by atoms with E-state index >= 15 is 0 Å². The molecule has 0 aromatic carbocycles. The van der Waals surface area contributed by atoms with Gasteiger partial charge in [0.05, 0.1) is 0 Å². The van der Waals surface area contributed by atoms with Crippen LogP contribution in [0.5, 0.6) is 0 Å². The predicted molar refractivity (Wildman–Crippen MR) is 75.8 cm³/mol. The first-order valence-electron chi connectivity index (χ1n) is 7.79. The van der Waals surface area contributed by atoms with Gasteiger partial charge in [0.2, 0.25) is 0 Å². The highest BCUT2D eigenvalue weighted by Crippen LogP contribution is 2.32. The second-order valence-electron chi connectivity index (χ2n) is 7.24. The minimum atomic E-state index is 0.540. The summed E-state index contributed by atoms with van der Waals surface area (Å²) < 4.78 is 0. The van der Waals surface area contributed by atoms with E-state index in [1.54, 1.807) is 0 Å². The van der Waals surface area contributed by atoms with Crippen molar-refractivity contribution in [3.8, 4) is 0 Å². The summed E-state index contributed by atoms with van der Waals surface area (Å²) in [5, 5.41) is 3.92. The molecule has 3 heteroatoms. The first-order valence-corrected chi connectivity index (χ1v) is 7.79. The van der Waals surface area contributed by atoms with Gasteiger partial charge < -0.3 is 15.1 Å². The summed E-state index contributed by atoms with van der Waals surface area (Å²) in [4.78, 5) is 5.12. The zero-order chi connectivity index (χ0) is 12.6. The van der Waals surface area contributed by atoms with Crippen LogP contribution in [0, 0.1) is 11.3 Å². The second-order valence-corrected chi connectivity index (χ2v) is 7.24. The zero-order valence-electron chi connectivity index (χ0n) is 12.1.